The van der Waals surface area contributed by atoms with E-state index in [1.54, 1.807) is 19.3 Å². The van der Waals surface area contributed by atoms with Gasteiger partial charge in [-0.05, 0) is 29.7 Å². The van der Waals surface area contributed by atoms with Crippen LogP contribution in [-0.4, -0.2) is 56.8 Å². The zero-order chi connectivity index (χ0) is 17.4. The second-order valence-electron chi connectivity index (χ2n) is 6.31. The quantitative estimate of drug-likeness (QED) is 0.778. The number of hydrogen-bond donors (Lipinski definition) is 1. The molecule has 0 aromatic heterocycles. The second kappa shape index (κ2) is 9.45. The molecule has 1 N–H and O–H groups in total. The molecule has 1 heterocycles. The maximum absolute atomic E-state index is 12.1. The minimum absolute atomic E-state index is 0.0725. The summed E-state index contributed by atoms with van der Waals surface area (Å²) in [5.41, 5.74) is 0.943. The molecule has 1 atom stereocenters. The lowest BCUT2D eigenvalue weighted by Crippen LogP contribution is -2.51. The molecule has 1 aromatic rings. The highest BCUT2D eigenvalue weighted by Gasteiger charge is 2.23. The number of morpholine rings is 1. The van der Waals surface area contributed by atoms with Crippen LogP contribution in [0.4, 0.5) is 0 Å². The minimum atomic E-state index is -0.0725. The predicted molar refractivity (Wildman–Crippen MR) is 96.1 cm³/mol. The number of hydrogen-bond acceptors (Lipinski definition) is 4. The van der Waals surface area contributed by atoms with Crippen molar-refractivity contribution < 1.29 is 14.3 Å². The van der Waals surface area contributed by atoms with E-state index in [4.69, 9.17) is 9.47 Å². The average Bonchev–Trinajstić information content (AvgIpc) is 2.61. The van der Waals surface area contributed by atoms with Gasteiger partial charge in [0.2, 0.25) is 5.91 Å². The number of carbonyl (C=O) groups excluding carboxylic acids is 1. The molecular weight excluding hydrogens is 304 g/mol. The number of carbonyl (C=O) groups is 1. The van der Waals surface area contributed by atoms with E-state index in [1.807, 2.05) is 24.3 Å². The third-order valence-corrected chi connectivity index (χ3v) is 4.29. The largest absolute Gasteiger partial charge is 0.497 e. The molecule has 2 rings (SSSR count). The molecule has 5 nitrogen and oxygen atoms in total. The van der Waals surface area contributed by atoms with Crippen molar-refractivity contribution in [3.63, 3.8) is 0 Å². The van der Waals surface area contributed by atoms with Crippen LogP contribution in [0.3, 0.4) is 0 Å². The van der Waals surface area contributed by atoms with Crippen molar-refractivity contribution in [3.05, 3.63) is 35.9 Å². The zero-order valence-corrected chi connectivity index (χ0v) is 14.8. The van der Waals surface area contributed by atoms with E-state index < -0.39 is 0 Å². The molecule has 1 aliphatic heterocycles. The van der Waals surface area contributed by atoms with Crippen LogP contribution in [0.2, 0.25) is 0 Å². The summed E-state index contributed by atoms with van der Waals surface area (Å²) in [6, 6.07) is 7.96. The van der Waals surface area contributed by atoms with E-state index >= 15 is 0 Å². The van der Waals surface area contributed by atoms with Gasteiger partial charge in [0, 0.05) is 31.8 Å². The predicted octanol–water partition coefficient (Wildman–Crippen LogP) is 2.18. The highest BCUT2D eigenvalue weighted by molar-refractivity contribution is 5.91. The summed E-state index contributed by atoms with van der Waals surface area (Å²) >= 11 is 0. The van der Waals surface area contributed by atoms with Gasteiger partial charge in [0.15, 0.2) is 0 Å². The molecule has 0 aliphatic carbocycles. The normalized spacial score (nSPS) is 17.2. The number of ether oxygens (including phenoxy) is 2. The summed E-state index contributed by atoms with van der Waals surface area (Å²) in [6.45, 7) is 8.44. The fourth-order valence-corrected chi connectivity index (χ4v) is 2.88. The van der Waals surface area contributed by atoms with Gasteiger partial charge >= 0.3 is 0 Å². The van der Waals surface area contributed by atoms with Crippen LogP contribution in [0.1, 0.15) is 19.4 Å². The first-order valence-electron chi connectivity index (χ1n) is 8.52. The van der Waals surface area contributed by atoms with E-state index in [1.165, 1.54) is 0 Å². The second-order valence-corrected chi connectivity index (χ2v) is 6.31. The number of amides is 1. The first-order valence-corrected chi connectivity index (χ1v) is 8.52. The van der Waals surface area contributed by atoms with Crippen molar-refractivity contribution in [1.29, 1.82) is 0 Å². The lowest BCUT2D eigenvalue weighted by Gasteiger charge is -2.36. The fourth-order valence-electron chi connectivity index (χ4n) is 2.88. The highest BCUT2D eigenvalue weighted by atomic mass is 16.5. The molecular formula is C19H28N2O3. The highest BCUT2D eigenvalue weighted by Crippen LogP contribution is 2.14. The molecule has 24 heavy (non-hydrogen) atoms. The summed E-state index contributed by atoms with van der Waals surface area (Å²) in [4.78, 5) is 14.5. The minimum Gasteiger partial charge on any atom is -0.497 e. The van der Waals surface area contributed by atoms with Gasteiger partial charge in [-0.3, -0.25) is 9.69 Å². The summed E-state index contributed by atoms with van der Waals surface area (Å²) in [7, 11) is 1.63. The molecule has 0 spiro atoms. The first-order chi connectivity index (χ1) is 11.6. The Hall–Kier alpha value is -1.85. The topological polar surface area (TPSA) is 50.8 Å². The van der Waals surface area contributed by atoms with Crippen LogP contribution in [-0.2, 0) is 9.53 Å². The number of nitrogens with zero attached hydrogens (tertiary/aromatic N) is 1. The Morgan fingerprint density at radius 2 is 2.12 bits per heavy atom. The molecule has 0 bridgehead atoms. The molecule has 0 saturated carbocycles. The van der Waals surface area contributed by atoms with Crippen molar-refractivity contribution in [1.82, 2.24) is 10.2 Å². The summed E-state index contributed by atoms with van der Waals surface area (Å²) in [6.07, 6.45) is 3.38. The van der Waals surface area contributed by atoms with Gasteiger partial charge in [-0.1, -0.05) is 26.0 Å². The Labute approximate surface area is 144 Å². The van der Waals surface area contributed by atoms with E-state index in [9.17, 15) is 4.79 Å². The SMILES string of the molecule is COc1cccc(/C=C/C(=O)NC[C@@H](C(C)C)N2CCOCC2)c1. The molecule has 1 aromatic carbocycles. The van der Waals surface area contributed by atoms with E-state index in [0.29, 0.717) is 18.5 Å². The fraction of sp³-hybridized carbons (Fsp3) is 0.526. The molecule has 1 amide bonds. The molecule has 0 radical (unpaired) electrons. The maximum atomic E-state index is 12.1. The lowest BCUT2D eigenvalue weighted by atomic mass is 10.0. The molecule has 5 heteroatoms. The van der Waals surface area contributed by atoms with Crippen molar-refractivity contribution >= 4 is 12.0 Å². The van der Waals surface area contributed by atoms with Crippen LogP contribution >= 0.6 is 0 Å². The lowest BCUT2D eigenvalue weighted by molar-refractivity contribution is -0.116. The van der Waals surface area contributed by atoms with Gasteiger partial charge in [0.25, 0.3) is 0 Å². The van der Waals surface area contributed by atoms with Crippen molar-refractivity contribution in [2.24, 2.45) is 5.92 Å². The summed E-state index contributed by atoms with van der Waals surface area (Å²) < 4.78 is 10.6. The number of rotatable bonds is 7. The number of benzene rings is 1. The summed E-state index contributed by atoms with van der Waals surface area (Å²) in [5.74, 6) is 1.19. The average molecular weight is 332 g/mol. The standard InChI is InChI=1S/C19H28N2O3/c1-15(2)18(21-9-11-24-12-10-21)14-20-19(22)8-7-16-5-4-6-17(13-16)23-3/h4-8,13,15,18H,9-12,14H2,1-3H3,(H,20,22)/b8-7+/t18-/m0/s1. The third kappa shape index (κ3) is 5.65. The van der Waals surface area contributed by atoms with Gasteiger partial charge in [-0.15, -0.1) is 0 Å². The van der Waals surface area contributed by atoms with Crippen molar-refractivity contribution in [2.75, 3.05) is 40.0 Å². The molecule has 1 fully saturated rings. The van der Waals surface area contributed by atoms with Crippen LogP contribution < -0.4 is 10.1 Å². The monoisotopic (exact) mass is 332 g/mol. The van der Waals surface area contributed by atoms with Gasteiger partial charge in [-0.25, -0.2) is 0 Å². The van der Waals surface area contributed by atoms with Crippen molar-refractivity contribution in [3.8, 4) is 5.75 Å². The molecule has 1 saturated heterocycles. The molecule has 1 aliphatic rings. The van der Waals surface area contributed by atoms with Crippen LogP contribution in [0.15, 0.2) is 30.3 Å². The number of nitrogens with one attached hydrogen (secondary N) is 1. The summed E-state index contributed by atoms with van der Waals surface area (Å²) in [5, 5.41) is 3.02. The van der Waals surface area contributed by atoms with Crippen LogP contribution in [0.25, 0.3) is 6.08 Å². The van der Waals surface area contributed by atoms with E-state index in [-0.39, 0.29) is 5.91 Å². The van der Waals surface area contributed by atoms with Gasteiger partial charge in [-0.2, -0.15) is 0 Å². The van der Waals surface area contributed by atoms with Crippen LogP contribution in [0.5, 0.6) is 5.75 Å². The number of methoxy groups -OCH3 is 1. The van der Waals surface area contributed by atoms with E-state index in [2.05, 4.69) is 24.1 Å². The maximum Gasteiger partial charge on any atom is 0.244 e. The van der Waals surface area contributed by atoms with E-state index in [0.717, 1.165) is 37.6 Å². The molecule has 132 valence electrons. The molecule has 0 unspecified atom stereocenters. The van der Waals surface area contributed by atoms with Gasteiger partial charge < -0.3 is 14.8 Å². The Bertz CT molecular complexity index is 551. The smallest absolute Gasteiger partial charge is 0.244 e. The van der Waals surface area contributed by atoms with Gasteiger partial charge in [0.05, 0.1) is 20.3 Å². The third-order valence-electron chi connectivity index (χ3n) is 4.29. The van der Waals surface area contributed by atoms with Gasteiger partial charge in [0.1, 0.15) is 5.75 Å². The van der Waals surface area contributed by atoms with Crippen molar-refractivity contribution in [2.45, 2.75) is 19.9 Å². The Morgan fingerprint density at radius 3 is 2.79 bits per heavy atom. The Kier molecular flexibility index (Phi) is 7.28. The Balaban J connectivity index is 1.87. The van der Waals surface area contributed by atoms with Crippen LogP contribution in [0, 0.1) is 5.92 Å². The Morgan fingerprint density at radius 1 is 1.38 bits per heavy atom. The zero-order valence-electron chi connectivity index (χ0n) is 14.8. The first kappa shape index (κ1) is 18.5.